The van der Waals surface area contributed by atoms with Crippen LogP contribution < -0.4 is 20.5 Å². The minimum atomic E-state index is -0.222. The predicted molar refractivity (Wildman–Crippen MR) is 82.7 cm³/mol. The smallest absolute Gasteiger partial charge is 0.262 e. The van der Waals surface area contributed by atoms with Crippen molar-refractivity contribution in [3.63, 3.8) is 0 Å². The van der Waals surface area contributed by atoms with Crippen LogP contribution in [-0.4, -0.2) is 19.6 Å². The third-order valence-electron chi connectivity index (χ3n) is 2.96. The molecule has 0 spiro atoms. The molecular formula is C16H18N2O3. The zero-order valence-electron chi connectivity index (χ0n) is 12.1. The van der Waals surface area contributed by atoms with Crippen molar-refractivity contribution in [1.82, 2.24) is 0 Å². The first-order chi connectivity index (χ1) is 10.1. The van der Waals surface area contributed by atoms with Crippen molar-refractivity contribution in [1.29, 1.82) is 0 Å². The first-order valence-electron chi connectivity index (χ1n) is 6.51. The molecule has 0 radical (unpaired) electrons. The molecule has 0 aliphatic carbocycles. The second kappa shape index (κ2) is 6.65. The maximum atomic E-state index is 11.9. The Morgan fingerprint density at radius 1 is 1.14 bits per heavy atom. The first-order valence-corrected chi connectivity index (χ1v) is 6.51. The van der Waals surface area contributed by atoms with Gasteiger partial charge in [-0.25, -0.2) is 0 Å². The van der Waals surface area contributed by atoms with Crippen molar-refractivity contribution in [2.75, 3.05) is 24.8 Å². The van der Waals surface area contributed by atoms with E-state index in [0.29, 0.717) is 11.4 Å². The number of anilines is 2. The highest BCUT2D eigenvalue weighted by Crippen LogP contribution is 2.21. The zero-order chi connectivity index (χ0) is 15.2. The Hall–Kier alpha value is -2.69. The fourth-order valence-corrected chi connectivity index (χ4v) is 1.80. The van der Waals surface area contributed by atoms with Gasteiger partial charge in [0.2, 0.25) is 0 Å². The molecule has 21 heavy (non-hydrogen) atoms. The topological polar surface area (TPSA) is 73.6 Å². The minimum Gasteiger partial charge on any atom is -0.497 e. The number of amides is 1. The molecule has 0 fully saturated rings. The summed E-state index contributed by atoms with van der Waals surface area (Å²) >= 11 is 0. The van der Waals surface area contributed by atoms with Gasteiger partial charge in [-0.2, -0.15) is 0 Å². The van der Waals surface area contributed by atoms with Gasteiger partial charge in [-0.05, 0) is 55.0 Å². The molecule has 0 aliphatic rings. The fourth-order valence-electron chi connectivity index (χ4n) is 1.80. The van der Waals surface area contributed by atoms with Gasteiger partial charge < -0.3 is 20.5 Å². The average molecular weight is 286 g/mol. The first kappa shape index (κ1) is 14.7. The molecule has 0 aliphatic heterocycles. The van der Waals surface area contributed by atoms with Crippen LogP contribution in [0.5, 0.6) is 11.5 Å². The van der Waals surface area contributed by atoms with E-state index in [4.69, 9.17) is 15.2 Å². The molecule has 0 aromatic heterocycles. The van der Waals surface area contributed by atoms with E-state index in [1.54, 1.807) is 43.5 Å². The van der Waals surface area contributed by atoms with Crippen LogP contribution in [0.2, 0.25) is 0 Å². The van der Waals surface area contributed by atoms with Crippen molar-refractivity contribution < 1.29 is 14.3 Å². The van der Waals surface area contributed by atoms with E-state index in [2.05, 4.69) is 5.32 Å². The summed E-state index contributed by atoms with van der Waals surface area (Å²) in [5.74, 6) is 1.13. The normalized spacial score (nSPS) is 10.0. The van der Waals surface area contributed by atoms with E-state index in [0.717, 1.165) is 17.0 Å². The molecule has 0 bridgehead atoms. The highest BCUT2D eigenvalue weighted by atomic mass is 16.5. The molecule has 1 amide bonds. The Morgan fingerprint density at radius 2 is 1.81 bits per heavy atom. The zero-order valence-corrected chi connectivity index (χ0v) is 12.1. The number of carbonyl (C=O) groups excluding carboxylic acids is 1. The van der Waals surface area contributed by atoms with Crippen molar-refractivity contribution in [3.05, 3.63) is 48.0 Å². The second-order valence-corrected chi connectivity index (χ2v) is 4.59. The van der Waals surface area contributed by atoms with Crippen LogP contribution in [0.15, 0.2) is 42.5 Å². The number of rotatable bonds is 5. The maximum Gasteiger partial charge on any atom is 0.262 e. The van der Waals surface area contributed by atoms with E-state index >= 15 is 0 Å². The van der Waals surface area contributed by atoms with Crippen LogP contribution in [-0.2, 0) is 4.79 Å². The van der Waals surface area contributed by atoms with Crippen LogP contribution >= 0.6 is 0 Å². The van der Waals surface area contributed by atoms with Crippen LogP contribution in [0, 0.1) is 6.92 Å². The number of hydrogen-bond acceptors (Lipinski definition) is 4. The molecule has 2 aromatic rings. The minimum absolute atomic E-state index is 0.0601. The number of nitrogens with two attached hydrogens (primary N) is 1. The predicted octanol–water partition coefficient (Wildman–Crippen LogP) is 2.60. The third-order valence-corrected chi connectivity index (χ3v) is 2.96. The van der Waals surface area contributed by atoms with Crippen LogP contribution in [0.1, 0.15) is 5.56 Å². The molecule has 110 valence electrons. The fraction of sp³-hybridized carbons (Fsp3) is 0.188. The van der Waals surface area contributed by atoms with Gasteiger partial charge in [-0.15, -0.1) is 0 Å². The highest BCUT2D eigenvalue weighted by Gasteiger charge is 2.06. The summed E-state index contributed by atoms with van der Waals surface area (Å²) in [7, 11) is 1.60. The van der Waals surface area contributed by atoms with Crippen molar-refractivity contribution in [2.45, 2.75) is 6.92 Å². The lowest BCUT2D eigenvalue weighted by Gasteiger charge is -2.11. The lowest BCUT2D eigenvalue weighted by molar-refractivity contribution is -0.118. The monoisotopic (exact) mass is 286 g/mol. The van der Waals surface area contributed by atoms with Gasteiger partial charge in [0.15, 0.2) is 6.61 Å². The summed E-state index contributed by atoms with van der Waals surface area (Å²) in [5, 5.41) is 2.80. The molecule has 0 saturated carbocycles. The number of aryl methyl sites for hydroxylation is 1. The van der Waals surface area contributed by atoms with Gasteiger partial charge in [0, 0.05) is 11.4 Å². The molecule has 0 saturated heterocycles. The Balaban J connectivity index is 1.91. The van der Waals surface area contributed by atoms with Crippen molar-refractivity contribution in [3.8, 4) is 11.5 Å². The Kier molecular flexibility index (Phi) is 4.66. The summed E-state index contributed by atoms with van der Waals surface area (Å²) < 4.78 is 10.5. The maximum absolute atomic E-state index is 11.9. The van der Waals surface area contributed by atoms with Gasteiger partial charge in [0.25, 0.3) is 5.91 Å². The summed E-state index contributed by atoms with van der Waals surface area (Å²) in [4.78, 5) is 11.9. The van der Waals surface area contributed by atoms with Crippen molar-refractivity contribution >= 4 is 17.3 Å². The molecular weight excluding hydrogens is 268 g/mol. The van der Waals surface area contributed by atoms with Gasteiger partial charge in [-0.3, -0.25) is 4.79 Å². The Morgan fingerprint density at radius 3 is 2.43 bits per heavy atom. The summed E-state index contributed by atoms with van der Waals surface area (Å²) in [5.41, 5.74) is 7.90. The lowest BCUT2D eigenvalue weighted by atomic mass is 10.2. The van der Waals surface area contributed by atoms with Gasteiger partial charge in [0.05, 0.1) is 7.11 Å². The molecule has 2 rings (SSSR count). The number of methoxy groups -OCH3 is 1. The number of ether oxygens (including phenoxy) is 2. The number of hydrogen-bond donors (Lipinski definition) is 2. The van der Waals surface area contributed by atoms with E-state index in [1.807, 2.05) is 13.0 Å². The number of benzene rings is 2. The van der Waals surface area contributed by atoms with E-state index in [-0.39, 0.29) is 12.5 Å². The van der Waals surface area contributed by atoms with E-state index in [9.17, 15) is 4.79 Å². The Labute approximate surface area is 123 Å². The summed E-state index contributed by atoms with van der Waals surface area (Å²) in [6.45, 7) is 1.84. The standard InChI is InChI=1S/C16H18N2O3/c1-11-9-14(20-2)7-8-15(11)18-16(19)10-21-13-5-3-12(17)4-6-13/h3-9H,10,17H2,1-2H3,(H,18,19). The largest absolute Gasteiger partial charge is 0.497 e. The lowest BCUT2D eigenvalue weighted by Crippen LogP contribution is -2.20. The van der Waals surface area contributed by atoms with Gasteiger partial charge >= 0.3 is 0 Å². The third kappa shape index (κ3) is 4.14. The number of nitrogens with one attached hydrogen (secondary N) is 1. The molecule has 0 atom stereocenters. The van der Waals surface area contributed by atoms with Crippen molar-refractivity contribution in [2.24, 2.45) is 0 Å². The highest BCUT2D eigenvalue weighted by molar-refractivity contribution is 5.92. The molecule has 0 unspecified atom stereocenters. The molecule has 5 heteroatoms. The second-order valence-electron chi connectivity index (χ2n) is 4.59. The molecule has 2 aromatic carbocycles. The quantitative estimate of drug-likeness (QED) is 0.829. The molecule has 5 nitrogen and oxygen atoms in total. The van der Waals surface area contributed by atoms with E-state index < -0.39 is 0 Å². The average Bonchev–Trinajstić information content (AvgIpc) is 2.48. The SMILES string of the molecule is COc1ccc(NC(=O)COc2ccc(N)cc2)c(C)c1. The number of carbonyl (C=O) groups is 1. The molecule has 3 N–H and O–H groups in total. The number of nitrogen functional groups attached to an aromatic ring is 1. The molecule has 0 heterocycles. The van der Waals surface area contributed by atoms with Crippen LogP contribution in [0.3, 0.4) is 0 Å². The summed E-state index contributed by atoms with van der Waals surface area (Å²) in [6, 6.07) is 12.3. The van der Waals surface area contributed by atoms with Gasteiger partial charge in [0.1, 0.15) is 11.5 Å². The Bertz CT molecular complexity index is 624. The summed E-state index contributed by atoms with van der Waals surface area (Å²) in [6.07, 6.45) is 0. The van der Waals surface area contributed by atoms with Crippen LogP contribution in [0.25, 0.3) is 0 Å². The van der Waals surface area contributed by atoms with E-state index in [1.165, 1.54) is 0 Å². The van der Waals surface area contributed by atoms with Gasteiger partial charge in [-0.1, -0.05) is 0 Å². The van der Waals surface area contributed by atoms with Crippen LogP contribution in [0.4, 0.5) is 11.4 Å².